The lowest BCUT2D eigenvalue weighted by Gasteiger charge is -2.25. The number of carboxylic acids is 1. The van der Waals surface area contributed by atoms with Crippen molar-refractivity contribution in [1.82, 2.24) is 0 Å². The summed E-state index contributed by atoms with van der Waals surface area (Å²) in [6.07, 6.45) is 1.44. The summed E-state index contributed by atoms with van der Waals surface area (Å²) in [5.41, 5.74) is 3.59. The van der Waals surface area contributed by atoms with Crippen molar-refractivity contribution in [1.29, 1.82) is 0 Å². The molecule has 0 amide bonds. The number of ether oxygens (including phenoxy) is 3. The summed E-state index contributed by atoms with van der Waals surface area (Å²) < 4.78 is 17.1. The Morgan fingerprint density at radius 1 is 1.07 bits per heavy atom. The largest absolute Gasteiger partial charge is 0.493 e. The molecule has 3 rings (SSSR count). The van der Waals surface area contributed by atoms with Gasteiger partial charge in [0, 0.05) is 5.57 Å². The number of rotatable bonds is 8. The summed E-state index contributed by atoms with van der Waals surface area (Å²) in [5, 5.41) is 9.42. The molecule has 0 aliphatic carbocycles. The number of carbonyl (C=O) groups is 1. The highest BCUT2D eigenvalue weighted by Gasteiger charge is 2.38. The SMILES string of the molecule is COc1ccc([C@H]2OC[C@H](Cc3ccccc3)[C@H]2CC(C)=C(C)C(=O)O)cc1OC. The van der Waals surface area contributed by atoms with Crippen molar-refractivity contribution < 1.29 is 24.1 Å². The second kappa shape index (κ2) is 9.81. The standard InChI is InChI=1S/C25H30O5/c1-16(17(2)25(26)27)12-21-20(13-18-8-6-5-7-9-18)15-30-24(21)19-10-11-22(28-3)23(14-19)29-4/h5-11,14,20-21,24H,12-13,15H2,1-4H3,(H,26,27)/t20-,21+,24+/m0/s1. The fourth-order valence-corrected chi connectivity index (χ4v) is 4.18. The maximum atomic E-state index is 11.5. The summed E-state index contributed by atoms with van der Waals surface area (Å²) in [7, 11) is 3.24. The van der Waals surface area contributed by atoms with Gasteiger partial charge in [0.05, 0.1) is 26.9 Å². The van der Waals surface area contributed by atoms with Crippen LogP contribution >= 0.6 is 0 Å². The van der Waals surface area contributed by atoms with Crippen molar-refractivity contribution in [3.63, 3.8) is 0 Å². The minimum Gasteiger partial charge on any atom is -0.493 e. The Balaban J connectivity index is 1.93. The first-order chi connectivity index (χ1) is 14.4. The number of aliphatic carboxylic acids is 1. The number of hydrogen-bond donors (Lipinski definition) is 1. The van der Waals surface area contributed by atoms with Gasteiger partial charge in [-0.3, -0.25) is 0 Å². The molecule has 0 bridgehead atoms. The number of benzene rings is 2. The average molecular weight is 411 g/mol. The quantitative estimate of drug-likeness (QED) is 0.616. The van der Waals surface area contributed by atoms with E-state index in [1.807, 2.05) is 43.3 Å². The van der Waals surface area contributed by atoms with Gasteiger partial charge in [0.25, 0.3) is 0 Å². The Morgan fingerprint density at radius 3 is 2.40 bits per heavy atom. The van der Waals surface area contributed by atoms with Crippen LogP contribution in [0.2, 0.25) is 0 Å². The molecule has 2 aromatic carbocycles. The van der Waals surface area contributed by atoms with Gasteiger partial charge in [0.2, 0.25) is 0 Å². The minimum absolute atomic E-state index is 0.130. The van der Waals surface area contributed by atoms with Gasteiger partial charge in [0.15, 0.2) is 11.5 Å². The van der Waals surface area contributed by atoms with E-state index in [2.05, 4.69) is 12.1 Å². The molecule has 1 fully saturated rings. The van der Waals surface area contributed by atoms with Gasteiger partial charge in [-0.1, -0.05) is 42.0 Å². The molecule has 0 radical (unpaired) electrons. The van der Waals surface area contributed by atoms with Crippen LogP contribution in [0.25, 0.3) is 0 Å². The first-order valence-corrected chi connectivity index (χ1v) is 10.2. The monoisotopic (exact) mass is 410 g/mol. The molecule has 0 aromatic heterocycles. The number of carboxylic acid groups (broad SMARTS) is 1. The van der Waals surface area contributed by atoms with Crippen LogP contribution in [0.1, 0.15) is 37.5 Å². The van der Waals surface area contributed by atoms with Crippen molar-refractivity contribution in [3.8, 4) is 11.5 Å². The van der Waals surface area contributed by atoms with Gasteiger partial charge >= 0.3 is 5.97 Å². The van der Waals surface area contributed by atoms with Crippen LogP contribution in [0, 0.1) is 11.8 Å². The Bertz CT molecular complexity index is 903. The minimum atomic E-state index is -0.867. The molecular weight excluding hydrogens is 380 g/mol. The summed E-state index contributed by atoms with van der Waals surface area (Å²) in [6.45, 7) is 4.22. The van der Waals surface area contributed by atoms with E-state index in [-0.39, 0.29) is 12.0 Å². The Morgan fingerprint density at radius 2 is 1.77 bits per heavy atom. The van der Waals surface area contributed by atoms with E-state index in [0.717, 1.165) is 17.6 Å². The number of allylic oxidation sites excluding steroid dienone is 1. The van der Waals surface area contributed by atoms with Gasteiger partial charge in [-0.25, -0.2) is 4.79 Å². The van der Waals surface area contributed by atoms with Crippen molar-refractivity contribution in [2.75, 3.05) is 20.8 Å². The molecule has 5 nitrogen and oxygen atoms in total. The molecule has 5 heteroatoms. The summed E-state index contributed by atoms with van der Waals surface area (Å²) in [5.74, 6) is 0.931. The number of methoxy groups -OCH3 is 2. The fourth-order valence-electron chi connectivity index (χ4n) is 4.18. The van der Waals surface area contributed by atoms with Gasteiger partial charge < -0.3 is 19.3 Å². The van der Waals surface area contributed by atoms with Crippen LogP contribution in [0.4, 0.5) is 0 Å². The van der Waals surface area contributed by atoms with Crippen molar-refractivity contribution >= 4 is 5.97 Å². The van der Waals surface area contributed by atoms with Gasteiger partial charge in [-0.05, 0) is 61.8 Å². The molecule has 0 spiro atoms. The van der Waals surface area contributed by atoms with Crippen molar-refractivity contribution in [2.24, 2.45) is 11.8 Å². The summed E-state index contributed by atoms with van der Waals surface area (Å²) >= 11 is 0. The highest BCUT2D eigenvalue weighted by atomic mass is 16.5. The zero-order valence-corrected chi connectivity index (χ0v) is 18.1. The lowest BCUT2D eigenvalue weighted by molar-refractivity contribution is -0.132. The third kappa shape index (κ3) is 4.85. The van der Waals surface area contributed by atoms with Crippen LogP contribution in [-0.2, 0) is 16.0 Å². The predicted octanol–water partition coefficient (Wildman–Crippen LogP) is 5.06. The smallest absolute Gasteiger partial charge is 0.331 e. The maximum absolute atomic E-state index is 11.5. The average Bonchev–Trinajstić information content (AvgIpc) is 3.15. The fraction of sp³-hybridized carbons (Fsp3) is 0.400. The van der Waals surface area contributed by atoms with Crippen LogP contribution in [0.5, 0.6) is 11.5 Å². The number of hydrogen-bond acceptors (Lipinski definition) is 4. The van der Waals surface area contributed by atoms with E-state index in [4.69, 9.17) is 14.2 Å². The first-order valence-electron chi connectivity index (χ1n) is 10.2. The maximum Gasteiger partial charge on any atom is 0.331 e. The third-order valence-electron chi connectivity index (χ3n) is 6.06. The molecule has 1 aliphatic rings. The molecule has 2 aromatic rings. The van der Waals surface area contributed by atoms with Gasteiger partial charge in [-0.15, -0.1) is 0 Å². The van der Waals surface area contributed by atoms with Crippen LogP contribution in [0.15, 0.2) is 59.7 Å². The van der Waals surface area contributed by atoms with Crippen LogP contribution < -0.4 is 9.47 Å². The van der Waals surface area contributed by atoms with E-state index in [1.165, 1.54) is 5.56 Å². The topological polar surface area (TPSA) is 65.0 Å². The molecule has 1 saturated heterocycles. The van der Waals surface area contributed by atoms with E-state index in [0.29, 0.717) is 36.0 Å². The Kier molecular flexibility index (Phi) is 7.16. The molecule has 30 heavy (non-hydrogen) atoms. The van der Waals surface area contributed by atoms with Crippen molar-refractivity contribution in [2.45, 2.75) is 32.8 Å². The second-order valence-electron chi connectivity index (χ2n) is 7.90. The van der Waals surface area contributed by atoms with Gasteiger partial charge in [0.1, 0.15) is 0 Å². The van der Waals surface area contributed by atoms with Crippen molar-refractivity contribution in [3.05, 3.63) is 70.8 Å². The molecule has 160 valence electrons. The molecule has 0 unspecified atom stereocenters. The van der Waals surface area contributed by atoms with Gasteiger partial charge in [-0.2, -0.15) is 0 Å². The molecule has 0 saturated carbocycles. The van der Waals surface area contributed by atoms with Crippen LogP contribution in [-0.4, -0.2) is 31.9 Å². The molecular formula is C25H30O5. The Hall–Kier alpha value is -2.79. The van der Waals surface area contributed by atoms with E-state index in [9.17, 15) is 9.90 Å². The highest BCUT2D eigenvalue weighted by Crippen LogP contribution is 2.45. The summed E-state index contributed by atoms with van der Waals surface area (Å²) in [6, 6.07) is 16.2. The van der Waals surface area contributed by atoms with E-state index < -0.39 is 5.97 Å². The lowest BCUT2D eigenvalue weighted by Crippen LogP contribution is -2.19. The molecule has 1 heterocycles. The molecule has 1 N–H and O–H groups in total. The zero-order chi connectivity index (χ0) is 21.7. The second-order valence-corrected chi connectivity index (χ2v) is 7.90. The molecule has 1 aliphatic heterocycles. The van der Waals surface area contributed by atoms with E-state index in [1.54, 1.807) is 21.1 Å². The first kappa shape index (κ1) is 21.9. The third-order valence-corrected chi connectivity index (χ3v) is 6.06. The van der Waals surface area contributed by atoms with Crippen LogP contribution in [0.3, 0.4) is 0 Å². The lowest BCUT2D eigenvalue weighted by atomic mass is 9.79. The van der Waals surface area contributed by atoms with E-state index >= 15 is 0 Å². The summed E-state index contributed by atoms with van der Waals surface area (Å²) in [4.78, 5) is 11.5. The Labute approximate surface area is 178 Å². The zero-order valence-electron chi connectivity index (χ0n) is 18.1. The highest BCUT2D eigenvalue weighted by molar-refractivity contribution is 5.86. The predicted molar refractivity (Wildman–Crippen MR) is 116 cm³/mol. The molecule has 3 atom stereocenters. The normalized spacial score (nSPS) is 21.8.